The summed E-state index contributed by atoms with van der Waals surface area (Å²) in [6.45, 7) is 0. The summed E-state index contributed by atoms with van der Waals surface area (Å²) in [5, 5.41) is 3.60. The third-order valence-electron chi connectivity index (χ3n) is 2.58. The molecule has 0 heterocycles. The molecule has 2 aromatic rings. The first-order valence-corrected chi connectivity index (χ1v) is 6.54. The summed E-state index contributed by atoms with van der Waals surface area (Å²) in [4.78, 5) is 1.26. The van der Waals surface area contributed by atoms with Crippen LogP contribution in [-0.4, -0.2) is 12.5 Å². The van der Waals surface area contributed by atoms with E-state index in [9.17, 15) is 0 Å². The molecule has 0 spiro atoms. The molecule has 0 aliphatic rings. The summed E-state index contributed by atoms with van der Waals surface area (Å²) in [5.74, 6) is 5.22. The number of rotatable bonds is 3. The zero-order chi connectivity index (χ0) is 12.1. The normalized spacial score (nSPS) is 10.9. The Morgan fingerprint density at radius 1 is 1.06 bits per heavy atom. The van der Waals surface area contributed by atoms with Gasteiger partial charge in [0.1, 0.15) is 0 Å². The maximum Gasteiger partial charge on any atom is 0.0544 e. The summed E-state index contributed by atoms with van der Waals surface area (Å²) >= 11 is 1.74. The van der Waals surface area contributed by atoms with Crippen molar-refractivity contribution in [3.8, 4) is 11.1 Å². The highest BCUT2D eigenvalue weighted by Gasteiger charge is 2.02. The molecule has 0 aliphatic carbocycles. The average Bonchev–Trinajstić information content (AvgIpc) is 2.40. The van der Waals surface area contributed by atoms with E-state index < -0.39 is 0 Å². The fourth-order valence-corrected chi connectivity index (χ4v) is 2.13. The van der Waals surface area contributed by atoms with Gasteiger partial charge < -0.3 is 5.84 Å². The van der Waals surface area contributed by atoms with Crippen molar-refractivity contribution in [3.63, 3.8) is 0 Å². The molecule has 0 amide bonds. The maximum absolute atomic E-state index is 5.22. The lowest BCUT2D eigenvalue weighted by Crippen LogP contribution is -1.90. The second kappa shape index (κ2) is 5.55. The highest BCUT2D eigenvalue weighted by Crippen LogP contribution is 2.25. The largest absolute Gasteiger partial charge is 0.323 e. The molecule has 0 saturated carbocycles. The third kappa shape index (κ3) is 2.68. The quantitative estimate of drug-likeness (QED) is 0.388. The number of nitrogens with two attached hydrogens (primary N) is 1. The van der Waals surface area contributed by atoms with Crippen LogP contribution in [0.4, 0.5) is 0 Å². The van der Waals surface area contributed by atoms with Crippen molar-refractivity contribution in [3.05, 3.63) is 54.1 Å². The van der Waals surface area contributed by atoms with Crippen molar-refractivity contribution in [1.29, 1.82) is 0 Å². The van der Waals surface area contributed by atoms with Crippen molar-refractivity contribution in [1.82, 2.24) is 0 Å². The predicted molar refractivity (Wildman–Crippen MR) is 75.4 cm³/mol. The Hall–Kier alpha value is -1.74. The molecule has 2 nitrogen and oxygen atoms in total. The van der Waals surface area contributed by atoms with E-state index in [-0.39, 0.29) is 0 Å². The van der Waals surface area contributed by atoms with E-state index >= 15 is 0 Å². The first-order valence-electron chi connectivity index (χ1n) is 5.32. The van der Waals surface area contributed by atoms with Gasteiger partial charge in [0.05, 0.1) is 6.21 Å². The zero-order valence-corrected chi connectivity index (χ0v) is 10.4. The molecule has 0 bridgehead atoms. The van der Waals surface area contributed by atoms with Gasteiger partial charge in [-0.15, -0.1) is 11.8 Å². The molecule has 86 valence electrons. The van der Waals surface area contributed by atoms with Crippen LogP contribution in [0.1, 0.15) is 5.56 Å². The fraction of sp³-hybridized carbons (Fsp3) is 0.0714. The Morgan fingerprint density at radius 3 is 2.41 bits per heavy atom. The molecule has 0 atom stereocenters. The number of hydrogen-bond donors (Lipinski definition) is 1. The predicted octanol–water partition coefficient (Wildman–Crippen LogP) is 3.37. The molecule has 0 unspecified atom stereocenters. The monoisotopic (exact) mass is 242 g/mol. The first kappa shape index (κ1) is 11.7. The van der Waals surface area contributed by atoms with Crippen LogP contribution in [0.5, 0.6) is 0 Å². The molecule has 2 aromatic carbocycles. The number of benzene rings is 2. The second-order valence-electron chi connectivity index (χ2n) is 3.59. The first-order chi connectivity index (χ1) is 8.35. The second-order valence-corrected chi connectivity index (χ2v) is 4.47. The smallest absolute Gasteiger partial charge is 0.0544 e. The zero-order valence-electron chi connectivity index (χ0n) is 9.63. The Kier molecular flexibility index (Phi) is 3.83. The van der Waals surface area contributed by atoms with Gasteiger partial charge in [-0.1, -0.05) is 36.4 Å². The van der Waals surface area contributed by atoms with Crippen molar-refractivity contribution in [2.45, 2.75) is 4.90 Å². The van der Waals surface area contributed by atoms with E-state index in [1.165, 1.54) is 10.5 Å². The van der Waals surface area contributed by atoms with E-state index in [0.29, 0.717) is 0 Å². The molecule has 0 aromatic heterocycles. The van der Waals surface area contributed by atoms with E-state index in [1.54, 1.807) is 18.0 Å². The van der Waals surface area contributed by atoms with Crippen molar-refractivity contribution in [2.24, 2.45) is 10.9 Å². The van der Waals surface area contributed by atoms with Crippen LogP contribution >= 0.6 is 11.8 Å². The van der Waals surface area contributed by atoms with E-state index in [2.05, 4.69) is 41.7 Å². The van der Waals surface area contributed by atoms with Crippen molar-refractivity contribution < 1.29 is 0 Å². The van der Waals surface area contributed by atoms with Crippen molar-refractivity contribution in [2.75, 3.05) is 6.26 Å². The van der Waals surface area contributed by atoms with Crippen LogP contribution in [-0.2, 0) is 0 Å². The maximum atomic E-state index is 5.22. The molecule has 2 rings (SSSR count). The third-order valence-corrected chi connectivity index (χ3v) is 3.32. The summed E-state index contributed by atoms with van der Waals surface area (Å²) < 4.78 is 0. The van der Waals surface area contributed by atoms with Gasteiger partial charge in [-0.3, -0.25) is 0 Å². The molecule has 2 N–H and O–H groups in total. The van der Waals surface area contributed by atoms with Gasteiger partial charge in [0, 0.05) is 10.5 Å². The highest BCUT2D eigenvalue weighted by molar-refractivity contribution is 7.98. The fourth-order valence-electron chi connectivity index (χ4n) is 1.72. The number of thioether (sulfide) groups is 1. The lowest BCUT2D eigenvalue weighted by Gasteiger charge is -2.06. The minimum absolute atomic E-state index is 1.03. The number of nitrogens with zero attached hydrogens (tertiary/aromatic N) is 1. The Labute approximate surface area is 106 Å². The Bertz CT molecular complexity index is 518. The van der Waals surface area contributed by atoms with Crippen LogP contribution < -0.4 is 5.84 Å². The highest BCUT2D eigenvalue weighted by atomic mass is 32.2. The van der Waals surface area contributed by atoms with Crippen molar-refractivity contribution >= 4 is 18.0 Å². The molecule has 0 radical (unpaired) electrons. The van der Waals surface area contributed by atoms with Gasteiger partial charge >= 0.3 is 0 Å². The molecular weight excluding hydrogens is 228 g/mol. The lowest BCUT2D eigenvalue weighted by atomic mass is 10.0. The Balaban J connectivity index is 2.44. The van der Waals surface area contributed by atoms with Gasteiger partial charge in [-0.25, -0.2) is 0 Å². The van der Waals surface area contributed by atoms with Gasteiger partial charge in [-0.2, -0.15) is 5.10 Å². The summed E-state index contributed by atoms with van der Waals surface area (Å²) in [7, 11) is 0. The Morgan fingerprint density at radius 2 is 1.76 bits per heavy atom. The van der Waals surface area contributed by atoms with Crippen LogP contribution in [0, 0.1) is 0 Å². The minimum Gasteiger partial charge on any atom is -0.323 e. The molecule has 0 saturated heterocycles. The summed E-state index contributed by atoms with van der Waals surface area (Å²) in [5.41, 5.74) is 3.36. The van der Waals surface area contributed by atoms with Crippen LogP contribution in [0.3, 0.4) is 0 Å². The SMILES string of the molecule is CSc1ccc(-c2ccccc2C=NN)cc1. The summed E-state index contributed by atoms with van der Waals surface area (Å²) in [6.07, 6.45) is 3.75. The van der Waals surface area contributed by atoms with Crippen LogP contribution in [0.2, 0.25) is 0 Å². The molecule has 0 aliphatic heterocycles. The van der Waals surface area contributed by atoms with E-state index in [4.69, 9.17) is 5.84 Å². The van der Waals surface area contributed by atoms with Crippen LogP contribution in [0.15, 0.2) is 58.5 Å². The molecular formula is C14H14N2S. The van der Waals surface area contributed by atoms with E-state index in [0.717, 1.165) is 11.1 Å². The topological polar surface area (TPSA) is 38.4 Å². The lowest BCUT2D eigenvalue weighted by molar-refractivity contribution is 1.26. The minimum atomic E-state index is 1.03. The average molecular weight is 242 g/mol. The van der Waals surface area contributed by atoms with E-state index in [1.807, 2.05) is 18.2 Å². The standard InChI is InChI=1S/C14H14N2S/c1-17-13-8-6-11(7-9-13)14-5-3-2-4-12(14)10-16-15/h2-10H,15H2,1H3. The van der Waals surface area contributed by atoms with Gasteiger partial charge in [0.25, 0.3) is 0 Å². The number of hydrogen-bond acceptors (Lipinski definition) is 3. The molecule has 3 heteroatoms. The number of hydrazone groups is 1. The van der Waals surface area contributed by atoms with Gasteiger partial charge in [0.15, 0.2) is 0 Å². The van der Waals surface area contributed by atoms with Gasteiger partial charge in [-0.05, 0) is 29.5 Å². The van der Waals surface area contributed by atoms with Crippen LogP contribution in [0.25, 0.3) is 11.1 Å². The van der Waals surface area contributed by atoms with Gasteiger partial charge in [0.2, 0.25) is 0 Å². The molecule has 17 heavy (non-hydrogen) atoms. The summed E-state index contributed by atoms with van der Waals surface area (Å²) in [6, 6.07) is 16.6. The molecule has 0 fully saturated rings.